The molecule has 1 aromatic carbocycles. The van der Waals surface area contributed by atoms with E-state index in [1.54, 1.807) is 0 Å². The van der Waals surface area contributed by atoms with Crippen molar-refractivity contribution in [2.45, 2.75) is 32.7 Å². The molecule has 0 aliphatic carbocycles. The van der Waals surface area contributed by atoms with Crippen LogP contribution in [0.3, 0.4) is 0 Å². The largest absolute Gasteiger partial charge is 0.349 e. The van der Waals surface area contributed by atoms with Crippen molar-refractivity contribution < 1.29 is 4.79 Å². The fraction of sp³-hybridized carbons (Fsp3) is 0.500. The van der Waals surface area contributed by atoms with Crippen molar-refractivity contribution in [2.75, 3.05) is 0 Å². The van der Waals surface area contributed by atoms with E-state index in [0.29, 0.717) is 18.3 Å². The third-order valence-corrected chi connectivity index (χ3v) is 3.17. The minimum atomic E-state index is 0.194. The van der Waals surface area contributed by atoms with Crippen molar-refractivity contribution in [3.05, 3.63) is 35.9 Å². The summed E-state index contributed by atoms with van der Waals surface area (Å²) in [6.07, 6.45) is 1.79. The quantitative estimate of drug-likeness (QED) is 0.828. The fourth-order valence-corrected chi connectivity index (χ4v) is 2.55. The first kappa shape index (κ1) is 11.2. The summed E-state index contributed by atoms with van der Waals surface area (Å²) in [5, 5.41) is 3.09. The molecule has 1 aliphatic heterocycles. The van der Waals surface area contributed by atoms with Gasteiger partial charge in [-0.15, -0.1) is 0 Å². The molecular weight excluding hydrogens is 198 g/mol. The molecular formula is C14H19NO. The summed E-state index contributed by atoms with van der Waals surface area (Å²) in [5.74, 6) is 1.29. The van der Waals surface area contributed by atoms with E-state index in [-0.39, 0.29) is 11.9 Å². The van der Waals surface area contributed by atoms with Crippen LogP contribution in [0, 0.1) is 11.8 Å². The van der Waals surface area contributed by atoms with E-state index >= 15 is 0 Å². The second kappa shape index (κ2) is 4.69. The Morgan fingerprint density at radius 1 is 1.31 bits per heavy atom. The summed E-state index contributed by atoms with van der Waals surface area (Å²) in [6, 6.07) is 10.5. The number of rotatable bonds is 3. The van der Waals surface area contributed by atoms with E-state index in [1.807, 2.05) is 18.2 Å². The van der Waals surface area contributed by atoms with Crippen LogP contribution in [0.2, 0.25) is 0 Å². The zero-order valence-electron chi connectivity index (χ0n) is 9.94. The maximum absolute atomic E-state index is 11.5. The van der Waals surface area contributed by atoms with Gasteiger partial charge in [0.15, 0.2) is 0 Å². The molecule has 2 unspecified atom stereocenters. The minimum Gasteiger partial charge on any atom is -0.349 e. The lowest BCUT2D eigenvalue weighted by Crippen LogP contribution is -2.21. The summed E-state index contributed by atoms with van der Waals surface area (Å²) in [4.78, 5) is 11.5. The molecule has 0 saturated carbocycles. The van der Waals surface area contributed by atoms with Crippen LogP contribution in [0.4, 0.5) is 0 Å². The highest BCUT2D eigenvalue weighted by atomic mass is 16.2. The summed E-state index contributed by atoms with van der Waals surface area (Å²) in [7, 11) is 0. The average Bonchev–Trinajstić information content (AvgIpc) is 2.60. The first-order chi connectivity index (χ1) is 7.66. The van der Waals surface area contributed by atoms with E-state index in [9.17, 15) is 4.79 Å². The molecule has 1 heterocycles. The lowest BCUT2D eigenvalue weighted by Gasteiger charge is -2.20. The second-order valence-corrected chi connectivity index (χ2v) is 5.05. The van der Waals surface area contributed by atoms with E-state index in [0.717, 1.165) is 6.42 Å². The normalized spacial score (nSPS) is 24.8. The summed E-state index contributed by atoms with van der Waals surface area (Å²) >= 11 is 0. The van der Waals surface area contributed by atoms with Crippen molar-refractivity contribution >= 4 is 5.91 Å². The number of amides is 1. The Kier molecular flexibility index (Phi) is 3.28. The van der Waals surface area contributed by atoms with Crippen LogP contribution >= 0.6 is 0 Å². The van der Waals surface area contributed by atoms with Gasteiger partial charge in [0.25, 0.3) is 0 Å². The van der Waals surface area contributed by atoms with Gasteiger partial charge in [-0.1, -0.05) is 44.2 Å². The molecule has 2 heteroatoms. The van der Waals surface area contributed by atoms with Gasteiger partial charge >= 0.3 is 0 Å². The molecule has 86 valence electrons. The molecule has 16 heavy (non-hydrogen) atoms. The van der Waals surface area contributed by atoms with Crippen molar-refractivity contribution in [2.24, 2.45) is 11.8 Å². The zero-order valence-corrected chi connectivity index (χ0v) is 9.94. The Bertz CT molecular complexity index is 358. The predicted octanol–water partition coefficient (Wildman–Crippen LogP) is 2.91. The fourth-order valence-electron chi connectivity index (χ4n) is 2.55. The van der Waals surface area contributed by atoms with E-state index < -0.39 is 0 Å². The molecule has 1 saturated heterocycles. The van der Waals surface area contributed by atoms with Gasteiger partial charge in [-0.2, -0.15) is 0 Å². The maximum Gasteiger partial charge on any atom is 0.220 e. The molecule has 2 rings (SSSR count). The van der Waals surface area contributed by atoms with Crippen molar-refractivity contribution in [1.29, 1.82) is 0 Å². The van der Waals surface area contributed by atoms with Gasteiger partial charge in [-0.05, 0) is 23.8 Å². The molecule has 1 N–H and O–H groups in total. The van der Waals surface area contributed by atoms with Gasteiger partial charge < -0.3 is 5.32 Å². The monoisotopic (exact) mass is 217 g/mol. The van der Waals surface area contributed by atoms with Gasteiger partial charge in [0, 0.05) is 6.42 Å². The van der Waals surface area contributed by atoms with Gasteiger partial charge in [0.1, 0.15) is 0 Å². The number of benzene rings is 1. The molecule has 0 aromatic heterocycles. The SMILES string of the molecule is CC(C)CC1CC(=O)NC1c1ccccc1. The molecule has 2 atom stereocenters. The highest BCUT2D eigenvalue weighted by molar-refractivity contribution is 5.79. The van der Waals surface area contributed by atoms with E-state index in [1.165, 1.54) is 5.56 Å². The Balaban J connectivity index is 2.16. The second-order valence-electron chi connectivity index (χ2n) is 5.05. The molecule has 1 aliphatic rings. The summed E-state index contributed by atoms with van der Waals surface area (Å²) < 4.78 is 0. The molecule has 0 radical (unpaired) electrons. The van der Waals surface area contributed by atoms with Crippen molar-refractivity contribution in [3.8, 4) is 0 Å². The number of hydrogen-bond donors (Lipinski definition) is 1. The lowest BCUT2D eigenvalue weighted by atomic mass is 9.87. The van der Waals surface area contributed by atoms with Gasteiger partial charge in [-0.3, -0.25) is 4.79 Å². The van der Waals surface area contributed by atoms with Crippen LogP contribution in [-0.4, -0.2) is 5.91 Å². The molecule has 1 aromatic rings. The Morgan fingerprint density at radius 3 is 2.62 bits per heavy atom. The third kappa shape index (κ3) is 2.43. The van der Waals surface area contributed by atoms with E-state index in [4.69, 9.17) is 0 Å². The number of hydrogen-bond acceptors (Lipinski definition) is 1. The maximum atomic E-state index is 11.5. The summed E-state index contributed by atoms with van der Waals surface area (Å²) in [5.41, 5.74) is 1.24. The average molecular weight is 217 g/mol. The minimum absolute atomic E-state index is 0.194. The molecule has 0 spiro atoms. The predicted molar refractivity (Wildman–Crippen MR) is 64.9 cm³/mol. The van der Waals surface area contributed by atoms with Gasteiger partial charge in [-0.25, -0.2) is 0 Å². The van der Waals surface area contributed by atoms with Crippen LogP contribution in [0.15, 0.2) is 30.3 Å². The van der Waals surface area contributed by atoms with Gasteiger partial charge in [0.2, 0.25) is 5.91 Å². The zero-order chi connectivity index (χ0) is 11.5. The lowest BCUT2D eigenvalue weighted by molar-refractivity contribution is -0.119. The third-order valence-electron chi connectivity index (χ3n) is 3.17. The van der Waals surface area contributed by atoms with Crippen molar-refractivity contribution in [1.82, 2.24) is 5.32 Å². The number of nitrogens with one attached hydrogen (secondary N) is 1. The van der Waals surface area contributed by atoms with Crippen molar-refractivity contribution in [3.63, 3.8) is 0 Å². The van der Waals surface area contributed by atoms with Gasteiger partial charge in [0.05, 0.1) is 6.04 Å². The first-order valence-corrected chi connectivity index (χ1v) is 6.01. The smallest absolute Gasteiger partial charge is 0.220 e. The Hall–Kier alpha value is -1.31. The molecule has 1 amide bonds. The summed E-state index contributed by atoms with van der Waals surface area (Å²) in [6.45, 7) is 4.43. The highest BCUT2D eigenvalue weighted by Crippen LogP contribution is 2.34. The number of carbonyl (C=O) groups is 1. The molecule has 0 bridgehead atoms. The standard InChI is InChI=1S/C14H19NO/c1-10(2)8-12-9-13(16)15-14(12)11-6-4-3-5-7-11/h3-7,10,12,14H,8-9H2,1-2H3,(H,15,16). The highest BCUT2D eigenvalue weighted by Gasteiger charge is 2.33. The van der Waals surface area contributed by atoms with Crippen LogP contribution in [0.1, 0.15) is 38.3 Å². The molecule has 1 fully saturated rings. The van der Waals surface area contributed by atoms with Crippen LogP contribution in [-0.2, 0) is 4.79 Å². The Morgan fingerprint density at radius 2 is 2.00 bits per heavy atom. The number of carbonyl (C=O) groups excluding carboxylic acids is 1. The van der Waals surface area contributed by atoms with Crippen LogP contribution in [0.5, 0.6) is 0 Å². The van der Waals surface area contributed by atoms with Crippen LogP contribution in [0.25, 0.3) is 0 Å². The van der Waals surface area contributed by atoms with Crippen LogP contribution < -0.4 is 5.32 Å². The topological polar surface area (TPSA) is 29.1 Å². The van der Waals surface area contributed by atoms with E-state index in [2.05, 4.69) is 31.3 Å². The molecule has 2 nitrogen and oxygen atoms in total. The Labute approximate surface area is 97.1 Å². The first-order valence-electron chi connectivity index (χ1n) is 6.01.